The van der Waals surface area contributed by atoms with Gasteiger partial charge in [0.15, 0.2) is 6.61 Å². The first-order valence-corrected chi connectivity index (χ1v) is 7.60. The number of amides is 1. The van der Waals surface area contributed by atoms with Crippen molar-refractivity contribution < 1.29 is 9.53 Å². The van der Waals surface area contributed by atoms with Crippen LogP contribution in [0.2, 0.25) is 10.0 Å². The normalized spacial score (nSPS) is 17.5. The molecule has 0 radical (unpaired) electrons. The van der Waals surface area contributed by atoms with Crippen molar-refractivity contribution in [3.8, 4) is 11.8 Å². The molecule has 2 aromatic rings. The van der Waals surface area contributed by atoms with Crippen LogP contribution in [0.5, 0.6) is 5.75 Å². The fraction of sp³-hybridized carbons (Fsp3) is 0.333. The SMILES string of the molecule is CC1C(=O)NCCc2[nH]c3c(Cl)c(Cl)cc(OCC#N)c3c21. The second-order valence-corrected chi connectivity index (χ2v) is 5.93. The van der Waals surface area contributed by atoms with Gasteiger partial charge >= 0.3 is 0 Å². The second kappa shape index (κ2) is 5.71. The maximum absolute atomic E-state index is 12.1. The van der Waals surface area contributed by atoms with E-state index < -0.39 is 0 Å². The summed E-state index contributed by atoms with van der Waals surface area (Å²) in [5.74, 6) is 0.0786. The Labute approximate surface area is 137 Å². The minimum absolute atomic E-state index is 0.0445. The van der Waals surface area contributed by atoms with Crippen molar-refractivity contribution in [3.63, 3.8) is 0 Å². The molecule has 0 fully saturated rings. The number of benzene rings is 1. The summed E-state index contributed by atoms with van der Waals surface area (Å²) >= 11 is 12.4. The molecule has 1 atom stereocenters. The van der Waals surface area contributed by atoms with Gasteiger partial charge in [-0.15, -0.1) is 0 Å². The predicted molar refractivity (Wildman–Crippen MR) is 84.6 cm³/mol. The molecule has 1 aliphatic heterocycles. The number of carbonyl (C=O) groups is 1. The molecule has 2 heterocycles. The molecule has 1 aromatic heterocycles. The highest BCUT2D eigenvalue weighted by atomic mass is 35.5. The van der Waals surface area contributed by atoms with E-state index in [-0.39, 0.29) is 18.4 Å². The molecular formula is C15H13Cl2N3O2. The monoisotopic (exact) mass is 337 g/mol. The molecule has 3 rings (SSSR count). The molecule has 0 aliphatic carbocycles. The van der Waals surface area contributed by atoms with Gasteiger partial charge in [0.25, 0.3) is 0 Å². The lowest BCUT2D eigenvalue weighted by Gasteiger charge is -2.12. The van der Waals surface area contributed by atoms with Crippen molar-refractivity contribution >= 4 is 40.0 Å². The molecular weight excluding hydrogens is 325 g/mol. The lowest BCUT2D eigenvalue weighted by Crippen LogP contribution is -2.26. The zero-order valence-electron chi connectivity index (χ0n) is 11.8. The van der Waals surface area contributed by atoms with Crippen molar-refractivity contribution in [2.75, 3.05) is 13.2 Å². The molecule has 0 saturated heterocycles. The third-order valence-electron chi connectivity index (χ3n) is 3.85. The number of nitrogens with one attached hydrogen (secondary N) is 2. The van der Waals surface area contributed by atoms with Gasteiger partial charge in [0, 0.05) is 30.1 Å². The Kier molecular flexibility index (Phi) is 3.90. The van der Waals surface area contributed by atoms with Crippen molar-refractivity contribution in [1.29, 1.82) is 5.26 Å². The quantitative estimate of drug-likeness (QED) is 0.883. The van der Waals surface area contributed by atoms with E-state index in [9.17, 15) is 4.79 Å². The van der Waals surface area contributed by atoms with Crippen LogP contribution in [0.1, 0.15) is 24.1 Å². The number of hydrogen-bond acceptors (Lipinski definition) is 3. The van der Waals surface area contributed by atoms with Gasteiger partial charge in [-0.2, -0.15) is 5.26 Å². The number of hydrogen-bond donors (Lipinski definition) is 2. The zero-order chi connectivity index (χ0) is 15.9. The first-order chi connectivity index (χ1) is 10.5. The maximum Gasteiger partial charge on any atom is 0.227 e. The van der Waals surface area contributed by atoms with Crippen LogP contribution < -0.4 is 10.1 Å². The summed E-state index contributed by atoms with van der Waals surface area (Å²) in [6.07, 6.45) is 0.672. The number of carbonyl (C=O) groups excluding carboxylic acids is 1. The Bertz CT molecular complexity index is 807. The number of ether oxygens (including phenoxy) is 1. The van der Waals surface area contributed by atoms with Crippen LogP contribution in [0.4, 0.5) is 0 Å². The average molecular weight is 338 g/mol. The van der Waals surface area contributed by atoms with Gasteiger partial charge in [-0.3, -0.25) is 4.79 Å². The van der Waals surface area contributed by atoms with E-state index in [0.29, 0.717) is 34.3 Å². The Balaban J connectivity index is 2.32. The topological polar surface area (TPSA) is 77.9 Å². The molecule has 1 amide bonds. The van der Waals surface area contributed by atoms with E-state index >= 15 is 0 Å². The van der Waals surface area contributed by atoms with Crippen molar-refractivity contribution in [1.82, 2.24) is 10.3 Å². The first-order valence-electron chi connectivity index (χ1n) is 6.84. The summed E-state index contributed by atoms with van der Waals surface area (Å²) in [5, 5.41) is 13.1. The highest BCUT2D eigenvalue weighted by molar-refractivity contribution is 6.45. The minimum Gasteiger partial charge on any atom is -0.478 e. The highest BCUT2D eigenvalue weighted by Crippen LogP contribution is 2.43. The third kappa shape index (κ3) is 2.29. The van der Waals surface area contributed by atoms with Crippen molar-refractivity contribution in [3.05, 3.63) is 27.4 Å². The van der Waals surface area contributed by atoms with Gasteiger partial charge in [0.05, 0.1) is 21.5 Å². The van der Waals surface area contributed by atoms with Crippen LogP contribution >= 0.6 is 23.2 Å². The Morgan fingerprint density at radius 2 is 2.27 bits per heavy atom. The highest BCUT2D eigenvalue weighted by Gasteiger charge is 2.29. The summed E-state index contributed by atoms with van der Waals surface area (Å²) in [7, 11) is 0. The van der Waals surface area contributed by atoms with Gasteiger partial charge in [-0.25, -0.2) is 0 Å². The van der Waals surface area contributed by atoms with Crippen LogP contribution in [0.15, 0.2) is 6.07 Å². The standard InChI is InChI=1S/C15H13Cl2N3O2/c1-7-11-9(2-4-19-15(7)21)20-14-12(11)10(22-5-3-18)6-8(16)13(14)17/h6-7,20H,2,4-5H2,1H3,(H,19,21). The minimum atomic E-state index is -0.340. The van der Waals surface area contributed by atoms with E-state index in [0.717, 1.165) is 16.6 Å². The molecule has 0 spiro atoms. The number of nitrogens with zero attached hydrogens (tertiary/aromatic N) is 1. The number of rotatable bonds is 2. The Morgan fingerprint density at radius 1 is 1.50 bits per heavy atom. The molecule has 0 bridgehead atoms. The summed E-state index contributed by atoms with van der Waals surface area (Å²) in [6, 6.07) is 3.52. The van der Waals surface area contributed by atoms with E-state index in [2.05, 4.69) is 10.3 Å². The fourth-order valence-corrected chi connectivity index (χ4v) is 3.24. The molecule has 22 heavy (non-hydrogen) atoms. The van der Waals surface area contributed by atoms with Crippen LogP contribution in [-0.2, 0) is 11.2 Å². The molecule has 1 aromatic carbocycles. The smallest absolute Gasteiger partial charge is 0.227 e. The molecule has 7 heteroatoms. The van der Waals surface area contributed by atoms with E-state index in [1.165, 1.54) is 0 Å². The second-order valence-electron chi connectivity index (χ2n) is 5.15. The van der Waals surface area contributed by atoms with Crippen LogP contribution in [-0.4, -0.2) is 24.0 Å². The lowest BCUT2D eigenvalue weighted by molar-refractivity contribution is -0.121. The number of nitriles is 1. The summed E-state index contributed by atoms with van der Waals surface area (Å²) in [4.78, 5) is 15.4. The van der Waals surface area contributed by atoms with Crippen LogP contribution in [0, 0.1) is 11.3 Å². The molecule has 0 saturated carbocycles. The fourth-order valence-electron chi connectivity index (χ4n) is 2.85. The van der Waals surface area contributed by atoms with Gasteiger partial charge in [-0.1, -0.05) is 23.2 Å². The zero-order valence-corrected chi connectivity index (χ0v) is 13.3. The number of aromatic nitrogens is 1. The molecule has 114 valence electrons. The van der Waals surface area contributed by atoms with Crippen LogP contribution in [0.3, 0.4) is 0 Å². The van der Waals surface area contributed by atoms with Crippen LogP contribution in [0.25, 0.3) is 10.9 Å². The molecule has 5 nitrogen and oxygen atoms in total. The van der Waals surface area contributed by atoms with Gasteiger partial charge in [0.2, 0.25) is 5.91 Å². The van der Waals surface area contributed by atoms with Crippen molar-refractivity contribution in [2.45, 2.75) is 19.3 Å². The Morgan fingerprint density at radius 3 is 3.00 bits per heavy atom. The molecule has 1 unspecified atom stereocenters. The molecule has 2 N–H and O–H groups in total. The summed E-state index contributed by atoms with van der Waals surface area (Å²) in [6.45, 7) is 2.29. The maximum atomic E-state index is 12.1. The third-order valence-corrected chi connectivity index (χ3v) is 4.63. The largest absolute Gasteiger partial charge is 0.478 e. The number of H-pyrrole nitrogens is 1. The predicted octanol–water partition coefficient (Wildman–Crippen LogP) is 3.15. The van der Waals surface area contributed by atoms with E-state index in [1.54, 1.807) is 6.07 Å². The van der Waals surface area contributed by atoms with Gasteiger partial charge < -0.3 is 15.0 Å². The first kappa shape index (κ1) is 15.0. The average Bonchev–Trinajstić information content (AvgIpc) is 2.82. The Hall–Kier alpha value is -1.90. The van der Waals surface area contributed by atoms with Gasteiger partial charge in [-0.05, 0) is 12.5 Å². The number of fused-ring (bicyclic) bond motifs is 3. The summed E-state index contributed by atoms with van der Waals surface area (Å²) in [5.41, 5.74) is 2.44. The van der Waals surface area contributed by atoms with E-state index in [4.69, 9.17) is 33.2 Å². The van der Waals surface area contributed by atoms with Gasteiger partial charge in [0.1, 0.15) is 11.8 Å². The lowest BCUT2D eigenvalue weighted by atomic mass is 9.96. The summed E-state index contributed by atoms with van der Waals surface area (Å²) < 4.78 is 5.50. The number of halogens is 2. The van der Waals surface area contributed by atoms with E-state index in [1.807, 2.05) is 13.0 Å². The number of aromatic amines is 1. The molecule has 1 aliphatic rings. The van der Waals surface area contributed by atoms with Crippen molar-refractivity contribution in [2.24, 2.45) is 0 Å².